The molecule has 0 amide bonds. The molecule has 1 aromatic carbocycles. The van der Waals surface area contributed by atoms with Crippen molar-refractivity contribution in [1.29, 1.82) is 0 Å². The zero-order chi connectivity index (χ0) is 13.8. The Morgan fingerprint density at radius 1 is 1.37 bits per heavy atom. The fourth-order valence-corrected chi connectivity index (χ4v) is 2.91. The fourth-order valence-electron chi connectivity index (χ4n) is 2.52. The molecule has 0 spiro atoms. The Balaban J connectivity index is 2.10. The topological polar surface area (TPSA) is 21.3 Å². The average Bonchev–Trinajstić information content (AvgIpc) is 3.22. The van der Waals surface area contributed by atoms with E-state index in [4.69, 9.17) is 27.9 Å². The van der Waals surface area contributed by atoms with E-state index in [-0.39, 0.29) is 12.1 Å². The summed E-state index contributed by atoms with van der Waals surface area (Å²) in [6, 6.07) is 5.91. The van der Waals surface area contributed by atoms with Crippen LogP contribution in [0.3, 0.4) is 0 Å². The van der Waals surface area contributed by atoms with Crippen molar-refractivity contribution < 1.29 is 4.74 Å². The van der Waals surface area contributed by atoms with Crippen molar-refractivity contribution in [3.8, 4) is 0 Å². The third-order valence-corrected chi connectivity index (χ3v) is 4.26. The van der Waals surface area contributed by atoms with Crippen LogP contribution in [0.15, 0.2) is 18.2 Å². The molecule has 1 aromatic rings. The number of benzene rings is 1. The summed E-state index contributed by atoms with van der Waals surface area (Å²) in [5, 5.41) is 4.88. The molecule has 1 aliphatic carbocycles. The minimum Gasteiger partial charge on any atom is -0.377 e. The van der Waals surface area contributed by atoms with Gasteiger partial charge in [0.1, 0.15) is 0 Å². The number of hydrogen-bond donors (Lipinski definition) is 1. The van der Waals surface area contributed by atoms with Crippen LogP contribution >= 0.6 is 23.2 Å². The molecule has 4 heteroatoms. The quantitative estimate of drug-likeness (QED) is 0.824. The molecule has 2 rings (SSSR count). The van der Waals surface area contributed by atoms with E-state index in [0.717, 1.165) is 28.6 Å². The lowest BCUT2D eigenvalue weighted by atomic mass is 9.98. The van der Waals surface area contributed by atoms with E-state index in [2.05, 4.69) is 12.2 Å². The van der Waals surface area contributed by atoms with Gasteiger partial charge in [-0.25, -0.2) is 0 Å². The molecule has 1 saturated carbocycles. The first-order valence-electron chi connectivity index (χ1n) is 6.88. The van der Waals surface area contributed by atoms with Gasteiger partial charge in [0.25, 0.3) is 0 Å². The van der Waals surface area contributed by atoms with E-state index in [1.165, 1.54) is 12.8 Å². The van der Waals surface area contributed by atoms with Crippen LogP contribution in [-0.2, 0) is 11.2 Å². The standard InChI is InChI=1S/C15H21Cl2NO/c1-3-19-15(10-4-5-10)14(18-2)9-11-8-12(16)6-7-13(11)17/h6-8,10,14-15,18H,3-5,9H2,1-2H3. The number of ether oxygens (including phenoxy) is 1. The van der Waals surface area contributed by atoms with Crippen LogP contribution in [0.2, 0.25) is 10.0 Å². The molecule has 0 radical (unpaired) electrons. The number of rotatable bonds is 7. The van der Waals surface area contributed by atoms with Crippen LogP contribution in [0.5, 0.6) is 0 Å². The predicted molar refractivity (Wildman–Crippen MR) is 81.2 cm³/mol. The monoisotopic (exact) mass is 301 g/mol. The highest BCUT2D eigenvalue weighted by Gasteiger charge is 2.36. The van der Waals surface area contributed by atoms with Gasteiger partial charge in [0.15, 0.2) is 0 Å². The van der Waals surface area contributed by atoms with E-state index in [1.807, 2.05) is 25.2 Å². The smallest absolute Gasteiger partial charge is 0.0759 e. The third-order valence-electron chi connectivity index (χ3n) is 3.66. The normalized spacial score (nSPS) is 18.3. The number of hydrogen-bond acceptors (Lipinski definition) is 2. The molecule has 0 bridgehead atoms. The summed E-state index contributed by atoms with van der Waals surface area (Å²) in [6.45, 7) is 2.80. The first-order valence-corrected chi connectivity index (χ1v) is 7.64. The van der Waals surface area contributed by atoms with E-state index in [1.54, 1.807) is 0 Å². The molecule has 1 aliphatic rings. The molecule has 1 N–H and O–H groups in total. The molecule has 2 nitrogen and oxygen atoms in total. The van der Waals surface area contributed by atoms with Gasteiger partial charge in [-0.05, 0) is 62.9 Å². The maximum absolute atomic E-state index is 6.25. The summed E-state index contributed by atoms with van der Waals surface area (Å²) in [4.78, 5) is 0. The Labute approximate surface area is 125 Å². The van der Waals surface area contributed by atoms with Crippen LogP contribution in [0, 0.1) is 5.92 Å². The number of halogens is 2. The molecule has 1 fully saturated rings. The second-order valence-corrected chi connectivity index (χ2v) is 5.94. The van der Waals surface area contributed by atoms with Gasteiger partial charge in [-0.1, -0.05) is 23.2 Å². The molecule has 0 heterocycles. The molecule has 106 valence electrons. The highest BCUT2D eigenvalue weighted by molar-refractivity contribution is 6.33. The number of nitrogens with one attached hydrogen (secondary N) is 1. The van der Waals surface area contributed by atoms with E-state index in [0.29, 0.717) is 5.92 Å². The van der Waals surface area contributed by atoms with Crippen LogP contribution in [0.1, 0.15) is 25.3 Å². The first-order chi connectivity index (χ1) is 9.15. The van der Waals surface area contributed by atoms with Crippen LogP contribution in [-0.4, -0.2) is 25.8 Å². The van der Waals surface area contributed by atoms with Crippen molar-refractivity contribution >= 4 is 23.2 Å². The minimum absolute atomic E-state index is 0.269. The van der Waals surface area contributed by atoms with Gasteiger partial charge in [-0.15, -0.1) is 0 Å². The van der Waals surface area contributed by atoms with Crippen molar-refractivity contribution in [3.05, 3.63) is 33.8 Å². The molecule has 0 aliphatic heterocycles. The van der Waals surface area contributed by atoms with Crippen molar-refractivity contribution in [2.24, 2.45) is 5.92 Å². The summed E-state index contributed by atoms with van der Waals surface area (Å²) in [5.41, 5.74) is 1.08. The minimum atomic E-state index is 0.269. The molecule has 0 aromatic heterocycles. The van der Waals surface area contributed by atoms with E-state index < -0.39 is 0 Å². The molecule has 0 saturated heterocycles. The lowest BCUT2D eigenvalue weighted by Gasteiger charge is -2.27. The second-order valence-electron chi connectivity index (χ2n) is 5.09. The van der Waals surface area contributed by atoms with Crippen LogP contribution in [0.25, 0.3) is 0 Å². The molecular weight excluding hydrogens is 281 g/mol. The second kappa shape index (κ2) is 6.94. The zero-order valence-electron chi connectivity index (χ0n) is 11.5. The molecule has 2 atom stereocenters. The third kappa shape index (κ3) is 4.09. The van der Waals surface area contributed by atoms with Gasteiger partial charge in [-0.3, -0.25) is 0 Å². The van der Waals surface area contributed by atoms with Gasteiger partial charge in [-0.2, -0.15) is 0 Å². The van der Waals surface area contributed by atoms with Gasteiger partial charge in [0, 0.05) is 22.7 Å². The molecule has 19 heavy (non-hydrogen) atoms. The largest absolute Gasteiger partial charge is 0.377 e. The highest BCUT2D eigenvalue weighted by atomic mass is 35.5. The lowest BCUT2D eigenvalue weighted by Crippen LogP contribution is -2.42. The Hall–Kier alpha value is -0.280. The summed E-state index contributed by atoms with van der Waals surface area (Å²) < 4.78 is 5.92. The van der Waals surface area contributed by atoms with Crippen LogP contribution in [0.4, 0.5) is 0 Å². The zero-order valence-corrected chi connectivity index (χ0v) is 13.0. The molecule has 2 unspecified atom stereocenters. The van der Waals surface area contributed by atoms with Gasteiger partial charge in [0.2, 0.25) is 0 Å². The molecular formula is C15H21Cl2NO. The van der Waals surface area contributed by atoms with Crippen molar-refractivity contribution in [2.75, 3.05) is 13.7 Å². The summed E-state index contributed by atoms with van der Waals surface area (Å²) in [6.07, 6.45) is 3.65. The Morgan fingerprint density at radius 3 is 2.68 bits per heavy atom. The first kappa shape index (κ1) is 15.1. The van der Waals surface area contributed by atoms with E-state index in [9.17, 15) is 0 Å². The van der Waals surface area contributed by atoms with Crippen molar-refractivity contribution in [2.45, 2.75) is 38.3 Å². The van der Waals surface area contributed by atoms with Crippen molar-refractivity contribution in [1.82, 2.24) is 5.32 Å². The summed E-state index contributed by atoms with van der Waals surface area (Å²) in [7, 11) is 1.98. The Bertz CT molecular complexity index is 421. The van der Waals surface area contributed by atoms with Crippen LogP contribution < -0.4 is 5.32 Å². The average molecular weight is 302 g/mol. The fraction of sp³-hybridized carbons (Fsp3) is 0.600. The summed E-state index contributed by atoms with van der Waals surface area (Å²) in [5.74, 6) is 0.690. The van der Waals surface area contributed by atoms with Gasteiger partial charge >= 0.3 is 0 Å². The summed E-state index contributed by atoms with van der Waals surface area (Å²) >= 11 is 12.3. The Kier molecular flexibility index (Phi) is 5.52. The maximum atomic E-state index is 6.25. The number of likely N-dealkylation sites (N-methyl/N-ethyl adjacent to an activating group) is 1. The van der Waals surface area contributed by atoms with Gasteiger partial charge in [0.05, 0.1) is 6.10 Å². The highest BCUT2D eigenvalue weighted by Crippen LogP contribution is 2.37. The lowest BCUT2D eigenvalue weighted by molar-refractivity contribution is 0.0211. The van der Waals surface area contributed by atoms with Crippen molar-refractivity contribution in [3.63, 3.8) is 0 Å². The maximum Gasteiger partial charge on any atom is 0.0759 e. The van der Waals surface area contributed by atoms with Gasteiger partial charge < -0.3 is 10.1 Å². The Morgan fingerprint density at radius 2 is 2.11 bits per heavy atom. The van der Waals surface area contributed by atoms with E-state index >= 15 is 0 Å². The predicted octanol–water partition coefficient (Wildman–Crippen LogP) is 3.94. The SMILES string of the molecule is CCOC(C1CC1)C(Cc1cc(Cl)ccc1Cl)NC.